The Labute approximate surface area is 102 Å². The molecule has 1 atom stereocenters. The van der Waals surface area contributed by atoms with Gasteiger partial charge in [-0.25, -0.2) is 4.39 Å². The van der Waals surface area contributed by atoms with Gasteiger partial charge in [0.25, 0.3) is 6.17 Å². The number of rotatable bonds is 4. The van der Waals surface area contributed by atoms with E-state index in [1.807, 2.05) is 0 Å². The van der Waals surface area contributed by atoms with Gasteiger partial charge in [-0.05, 0) is 17.8 Å². The van der Waals surface area contributed by atoms with Gasteiger partial charge in [0.05, 0.1) is 0 Å². The molecule has 0 amide bonds. The lowest BCUT2D eigenvalue weighted by molar-refractivity contribution is -0.219. The summed E-state index contributed by atoms with van der Waals surface area (Å²) >= 11 is -0.628. The lowest BCUT2D eigenvalue weighted by atomic mass is 10.2. The van der Waals surface area contributed by atoms with Crippen molar-refractivity contribution >= 4 is 18.0 Å². The minimum absolute atomic E-state index is 0.208. The lowest BCUT2D eigenvalue weighted by Gasteiger charge is -2.22. The highest BCUT2D eigenvalue weighted by Crippen LogP contribution is 2.46. The second-order valence-electron chi connectivity index (χ2n) is 3.22. The van der Waals surface area contributed by atoms with E-state index in [0.717, 1.165) is 12.1 Å². The minimum atomic E-state index is -5.66. The van der Waals surface area contributed by atoms with Crippen LogP contribution in [0.1, 0.15) is 10.4 Å². The van der Waals surface area contributed by atoms with Gasteiger partial charge in [-0.2, -0.15) is 22.0 Å². The van der Waals surface area contributed by atoms with Gasteiger partial charge in [0.2, 0.25) is 0 Å². The van der Waals surface area contributed by atoms with E-state index in [2.05, 4.69) is 0 Å². The fraction of sp³-hybridized carbons (Fsp3) is 0.300. The Kier molecular flexibility index (Phi) is 4.31. The Balaban J connectivity index is 2.98. The molecule has 0 bridgehead atoms. The molecule has 0 radical (unpaired) electrons. The van der Waals surface area contributed by atoms with E-state index in [1.54, 1.807) is 0 Å². The third-order valence-electron chi connectivity index (χ3n) is 1.87. The van der Waals surface area contributed by atoms with Crippen LogP contribution in [0.4, 0.5) is 26.3 Å². The van der Waals surface area contributed by atoms with Crippen molar-refractivity contribution < 1.29 is 31.1 Å². The fourth-order valence-corrected chi connectivity index (χ4v) is 1.97. The second kappa shape index (κ2) is 5.21. The molecule has 1 rings (SSSR count). The molecule has 0 saturated carbocycles. The number of carbonyl (C=O) groups is 1. The summed E-state index contributed by atoms with van der Waals surface area (Å²) in [6.07, 6.45) is -9.75. The number of benzene rings is 1. The first-order chi connectivity index (χ1) is 8.18. The number of aldehydes is 1. The maximum Gasteiger partial charge on any atom is 0.426 e. The van der Waals surface area contributed by atoms with Crippen LogP contribution in [-0.4, -0.2) is 23.9 Å². The summed E-state index contributed by atoms with van der Waals surface area (Å²) in [4.78, 5) is 10.1. The average Bonchev–Trinajstić information content (AvgIpc) is 2.27. The van der Waals surface area contributed by atoms with E-state index < -0.39 is 34.3 Å². The Morgan fingerprint density at radius 1 is 1.11 bits per heavy atom. The zero-order valence-electron chi connectivity index (χ0n) is 8.55. The van der Waals surface area contributed by atoms with E-state index >= 15 is 0 Å². The molecular weight excluding hydrogens is 282 g/mol. The van der Waals surface area contributed by atoms with Crippen LogP contribution in [-0.2, 0) is 0 Å². The Bertz CT molecular complexity index is 431. The molecule has 1 unspecified atom stereocenters. The van der Waals surface area contributed by atoms with Crippen LogP contribution in [0.2, 0.25) is 0 Å². The Morgan fingerprint density at radius 2 is 1.67 bits per heavy atom. The summed E-state index contributed by atoms with van der Waals surface area (Å²) in [5, 5.41) is -4.70. The predicted octanol–water partition coefficient (Wildman–Crippen LogP) is 4.08. The van der Waals surface area contributed by atoms with Crippen LogP contribution in [0.25, 0.3) is 0 Å². The second-order valence-corrected chi connectivity index (χ2v) is 4.41. The monoisotopic (exact) mass is 288 g/mol. The molecule has 0 N–H and O–H groups in total. The lowest BCUT2D eigenvalue weighted by Crippen LogP contribution is -2.39. The summed E-state index contributed by atoms with van der Waals surface area (Å²) < 4.78 is 74.4. The van der Waals surface area contributed by atoms with Crippen molar-refractivity contribution in [3.63, 3.8) is 0 Å². The number of carbonyl (C=O) groups excluding carboxylic acids is 1. The number of thioether (sulfide) groups is 1. The SMILES string of the molecule is O=Cc1ccccc1SC(F)(F)C(F)C(F)(F)F. The van der Waals surface area contributed by atoms with Gasteiger partial charge in [-0.3, -0.25) is 4.79 Å². The first kappa shape index (κ1) is 14.9. The summed E-state index contributed by atoms with van der Waals surface area (Å²) in [5.74, 6) is 0. The standard InChI is InChI=1S/C10H6F6OS/c11-8(9(12,13)14)10(15,16)18-7-4-2-1-3-6(7)5-17/h1-5,8H. The molecule has 0 aliphatic rings. The Hall–Kier alpha value is -1.18. The van der Waals surface area contributed by atoms with Crippen molar-refractivity contribution in [2.45, 2.75) is 22.5 Å². The molecule has 8 heteroatoms. The van der Waals surface area contributed by atoms with Gasteiger partial charge in [-0.1, -0.05) is 18.2 Å². The van der Waals surface area contributed by atoms with Gasteiger partial charge in [0, 0.05) is 10.5 Å². The molecule has 0 aliphatic heterocycles. The van der Waals surface area contributed by atoms with Crippen LogP contribution in [0.15, 0.2) is 29.2 Å². The molecule has 1 nitrogen and oxygen atoms in total. The smallest absolute Gasteiger partial charge is 0.298 e. The fourth-order valence-electron chi connectivity index (χ4n) is 1.06. The minimum Gasteiger partial charge on any atom is -0.298 e. The van der Waals surface area contributed by atoms with Gasteiger partial charge < -0.3 is 0 Å². The van der Waals surface area contributed by atoms with Crippen molar-refractivity contribution in [2.75, 3.05) is 0 Å². The number of alkyl halides is 6. The quantitative estimate of drug-likeness (QED) is 0.471. The predicted molar refractivity (Wildman–Crippen MR) is 53.6 cm³/mol. The highest BCUT2D eigenvalue weighted by molar-refractivity contribution is 8.00. The highest BCUT2D eigenvalue weighted by Gasteiger charge is 2.57. The molecule has 1 aromatic carbocycles. The number of hydrogen-bond acceptors (Lipinski definition) is 2. The normalized spacial score (nSPS) is 14.3. The molecule has 1 aromatic rings. The van der Waals surface area contributed by atoms with Crippen LogP contribution in [0.5, 0.6) is 0 Å². The molecule has 18 heavy (non-hydrogen) atoms. The molecule has 0 spiro atoms. The van der Waals surface area contributed by atoms with Crippen molar-refractivity contribution in [1.29, 1.82) is 0 Å². The first-order valence-electron chi connectivity index (χ1n) is 4.50. The molecule has 0 heterocycles. The molecule has 0 aliphatic carbocycles. The maximum absolute atomic E-state index is 13.1. The molecule has 100 valence electrons. The van der Waals surface area contributed by atoms with Gasteiger partial charge in [-0.15, -0.1) is 0 Å². The van der Waals surface area contributed by atoms with Gasteiger partial charge in [0.1, 0.15) is 0 Å². The van der Waals surface area contributed by atoms with Crippen molar-refractivity contribution in [1.82, 2.24) is 0 Å². The van der Waals surface area contributed by atoms with Crippen LogP contribution in [0.3, 0.4) is 0 Å². The molecular formula is C10H6F6OS. The molecule has 0 fully saturated rings. The van der Waals surface area contributed by atoms with Crippen molar-refractivity contribution in [3.05, 3.63) is 29.8 Å². The zero-order chi connectivity index (χ0) is 14.0. The summed E-state index contributed by atoms with van der Waals surface area (Å²) in [5.41, 5.74) is -0.225. The summed E-state index contributed by atoms with van der Waals surface area (Å²) in [6.45, 7) is 0. The largest absolute Gasteiger partial charge is 0.426 e. The third kappa shape index (κ3) is 3.41. The number of halogens is 6. The van der Waals surface area contributed by atoms with E-state index in [-0.39, 0.29) is 11.8 Å². The summed E-state index contributed by atoms with van der Waals surface area (Å²) in [6, 6.07) is 4.77. The van der Waals surface area contributed by atoms with Crippen LogP contribution >= 0.6 is 11.8 Å². The highest BCUT2D eigenvalue weighted by atomic mass is 32.2. The van der Waals surface area contributed by atoms with E-state index in [4.69, 9.17) is 0 Å². The van der Waals surface area contributed by atoms with E-state index in [9.17, 15) is 31.1 Å². The van der Waals surface area contributed by atoms with E-state index in [1.165, 1.54) is 12.1 Å². The van der Waals surface area contributed by atoms with Crippen molar-refractivity contribution in [2.24, 2.45) is 0 Å². The maximum atomic E-state index is 13.1. The van der Waals surface area contributed by atoms with Crippen LogP contribution < -0.4 is 0 Å². The van der Waals surface area contributed by atoms with Crippen LogP contribution in [0, 0.1) is 0 Å². The zero-order valence-corrected chi connectivity index (χ0v) is 9.36. The average molecular weight is 288 g/mol. The molecule has 0 saturated heterocycles. The summed E-state index contributed by atoms with van der Waals surface area (Å²) in [7, 11) is 0. The van der Waals surface area contributed by atoms with Crippen molar-refractivity contribution in [3.8, 4) is 0 Å². The topological polar surface area (TPSA) is 17.1 Å². The number of hydrogen-bond donors (Lipinski definition) is 0. The molecule has 0 aromatic heterocycles. The first-order valence-corrected chi connectivity index (χ1v) is 5.32. The van der Waals surface area contributed by atoms with E-state index in [0.29, 0.717) is 0 Å². The van der Waals surface area contributed by atoms with Gasteiger partial charge in [0.15, 0.2) is 6.29 Å². The third-order valence-corrected chi connectivity index (χ3v) is 2.95. The Morgan fingerprint density at radius 3 is 2.17 bits per heavy atom. The van der Waals surface area contributed by atoms with Gasteiger partial charge >= 0.3 is 11.4 Å².